The third-order valence-electron chi connectivity index (χ3n) is 3.12. The number of rotatable bonds is 2. The van der Waals surface area contributed by atoms with Gasteiger partial charge in [-0.05, 0) is 17.7 Å². The summed E-state index contributed by atoms with van der Waals surface area (Å²) in [6.45, 7) is 2.36. The number of phenols is 1. The number of anilines is 1. The maximum atomic E-state index is 9.59. The lowest BCUT2D eigenvalue weighted by atomic mass is 10.1. The molecule has 0 amide bonds. The number of fused-ring (bicyclic) bond motifs is 1. The van der Waals surface area contributed by atoms with E-state index in [9.17, 15) is 5.11 Å². The van der Waals surface area contributed by atoms with E-state index in [-0.39, 0.29) is 5.75 Å². The van der Waals surface area contributed by atoms with Crippen LogP contribution in [0.5, 0.6) is 11.5 Å². The van der Waals surface area contributed by atoms with Crippen LogP contribution in [0.3, 0.4) is 0 Å². The van der Waals surface area contributed by atoms with E-state index in [4.69, 9.17) is 4.74 Å². The van der Waals surface area contributed by atoms with Gasteiger partial charge in [0.15, 0.2) is 0 Å². The third kappa shape index (κ3) is 2.12. The highest BCUT2D eigenvalue weighted by molar-refractivity contribution is 5.62. The standard InChI is InChI=1S/C15H15NO2/c17-13-6-7-15-14(10-13)16(8-9-18-15)11-12-4-2-1-3-5-12/h1-7,10,17H,8-9,11H2. The second kappa shape index (κ2) is 4.61. The molecular formula is C15H15NO2. The average molecular weight is 241 g/mol. The van der Waals surface area contributed by atoms with Gasteiger partial charge in [-0.3, -0.25) is 0 Å². The molecule has 3 heteroatoms. The summed E-state index contributed by atoms with van der Waals surface area (Å²) >= 11 is 0. The predicted octanol–water partition coefficient (Wildman–Crippen LogP) is 2.79. The molecule has 0 aromatic heterocycles. The topological polar surface area (TPSA) is 32.7 Å². The molecule has 3 rings (SSSR count). The molecule has 2 aromatic carbocycles. The summed E-state index contributed by atoms with van der Waals surface area (Å²) < 4.78 is 5.59. The number of nitrogens with zero attached hydrogens (tertiary/aromatic N) is 1. The summed E-state index contributed by atoms with van der Waals surface area (Å²) in [6.07, 6.45) is 0. The first-order valence-electron chi connectivity index (χ1n) is 6.07. The highest BCUT2D eigenvalue weighted by Gasteiger charge is 2.18. The fraction of sp³-hybridized carbons (Fsp3) is 0.200. The number of hydrogen-bond acceptors (Lipinski definition) is 3. The molecule has 1 aliphatic rings. The van der Waals surface area contributed by atoms with Crippen LogP contribution in [-0.4, -0.2) is 18.3 Å². The Morgan fingerprint density at radius 1 is 1.11 bits per heavy atom. The molecule has 2 aromatic rings. The van der Waals surface area contributed by atoms with Crippen LogP contribution in [0.15, 0.2) is 48.5 Å². The quantitative estimate of drug-likeness (QED) is 0.877. The Bertz CT molecular complexity index is 539. The van der Waals surface area contributed by atoms with Crippen molar-refractivity contribution in [3.8, 4) is 11.5 Å². The summed E-state index contributed by atoms with van der Waals surface area (Å²) in [4.78, 5) is 2.23. The van der Waals surface area contributed by atoms with Crippen LogP contribution >= 0.6 is 0 Å². The van der Waals surface area contributed by atoms with E-state index < -0.39 is 0 Å². The van der Waals surface area contributed by atoms with Crippen molar-refractivity contribution in [3.63, 3.8) is 0 Å². The van der Waals surface area contributed by atoms with Crippen LogP contribution in [0.4, 0.5) is 5.69 Å². The maximum Gasteiger partial charge on any atom is 0.142 e. The van der Waals surface area contributed by atoms with Crippen LogP contribution in [0.2, 0.25) is 0 Å². The molecule has 1 aliphatic heterocycles. The highest BCUT2D eigenvalue weighted by Crippen LogP contribution is 2.35. The van der Waals surface area contributed by atoms with Crippen LogP contribution in [-0.2, 0) is 6.54 Å². The molecular weight excluding hydrogens is 226 g/mol. The monoisotopic (exact) mass is 241 g/mol. The van der Waals surface area contributed by atoms with Crippen molar-refractivity contribution in [2.75, 3.05) is 18.1 Å². The van der Waals surface area contributed by atoms with Crippen molar-refractivity contribution < 1.29 is 9.84 Å². The van der Waals surface area contributed by atoms with Crippen molar-refractivity contribution in [1.29, 1.82) is 0 Å². The molecule has 1 heterocycles. The maximum absolute atomic E-state index is 9.59. The van der Waals surface area contributed by atoms with Gasteiger partial charge in [-0.1, -0.05) is 30.3 Å². The number of hydrogen-bond donors (Lipinski definition) is 1. The second-order valence-electron chi connectivity index (χ2n) is 4.41. The van der Waals surface area contributed by atoms with Crippen LogP contribution in [0.25, 0.3) is 0 Å². The molecule has 1 N–H and O–H groups in total. The predicted molar refractivity (Wildman–Crippen MR) is 71.1 cm³/mol. The first-order valence-corrected chi connectivity index (χ1v) is 6.07. The molecule has 92 valence electrons. The van der Waals surface area contributed by atoms with E-state index in [1.54, 1.807) is 12.1 Å². The van der Waals surface area contributed by atoms with E-state index in [0.717, 1.165) is 24.5 Å². The van der Waals surface area contributed by atoms with Crippen LogP contribution < -0.4 is 9.64 Å². The Hall–Kier alpha value is -2.16. The summed E-state index contributed by atoms with van der Waals surface area (Å²) in [5.74, 6) is 1.12. The number of benzene rings is 2. The number of ether oxygens (including phenoxy) is 1. The Balaban J connectivity index is 1.89. The lowest BCUT2D eigenvalue weighted by molar-refractivity contribution is 0.306. The van der Waals surface area contributed by atoms with Crippen molar-refractivity contribution in [2.45, 2.75) is 6.54 Å². The smallest absolute Gasteiger partial charge is 0.142 e. The van der Waals surface area contributed by atoms with Gasteiger partial charge < -0.3 is 14.7 Å². The lowest BCUT2D eigenvalue weighted by Crippen LogP contribution is -2.32. The van der Waals surface area contributed by atoms with Gasteiger partial charge in [0.25, 0.3) is 0 Å². The largest absolute Gasteiger partial charge is 0.508 e. The molecule has 0 spiro atoms. The van der Waals surface area contributed by atoms with E-state index in [0.29, 0.717) is 6.61 Å². The Morgan fingerprint density at radius 2 is 1.94 bits per heavy atom. The summed E-state index contributed by atoms with van der Waals surface area (Å²) in [5.41, 5.74) is 2.22. The third-order valence-corrected chi connectivity index (χ3v) is 3.12. The Morgan fingerprint density at radius 3 is 2.78 bits per heavy atom. The van der Waals surface area contributed by atoms with Gasteiger partial charge in [0.05, 0.1) is 12.2 Å². The molecule has 0 saturated carbocycles. The molecule has 0 atom stereocenters. The van der Waals surface area contributed by atoms with E-state index in [1.165, 1.54) is 5.56 Å². The molecule has 0 unspecified atom stereocenters. The summed E-state index contributed by atoms with van der Waals surface area (Å²) in [7, 11) is 0. The van der Waals surface area contributed by atoms with Gasteiger partial charge >= 0.3 is 0 Å². The van der Waals surface area contributed by atoms with Gasteiger partial charge in [-0.15, -0.1) is 0 Å². The van der Waals surface area contributed by atoms with Crippen LogP contribution in [0.1, 0.15) is 5.56 Å². The minimum atomic E-state index is 0.275. The zero-order chi connectivity index (χ0) is 12.4. The minimum Gasteiger partial charge on any atom is -0.508 e. The van der Waals surface area contributed by atoms with E-state index >= 15 is 0 Å². The average Bonchev–Trinajstić information content (AvgIpc) is 2.41. The second-order valence-corrected chi connectivity index (χ2v) is 4.41. The Kier molecular flexibility index (Phi) is 2.81. The number of phenolic OH excluding ortho intramolecular Hbond substituents is 1. The molecule has 18 heavy (non-hydrogen) atoms. The van der Waals surface area contributed by atoms with E-state index in [1.807, 2.05) is 24.3 Å². The Labute approximate surface area is 106 Å². The summed E-state index contributed by atoms with van der Waals surface area (Å²) in [5, 5.41) is 9.59. The number of aromatic hydroxyl groups is 1. The summed E-state index contributed by atoms with van der Waals surface area (Å²) in [6, 6.07) is 15.6. The molecule has 0 saturated heterocycles. The van der Waals surface area contributed by atoms with Crippen molar-refractivity contribution in [2.24, 2.45) is 0 Å². The van der Waals surface area contributed by atoms with Crippen molar-refractivity contribution >= 4 is 5.69 Å². The minimum absolute atomic E-state index is 0.275. The van der Waals surface area contributed by atoms with Gasteiger partial charge in [-0.25, -0.2) is 0 Å². The van der Waals surface area contributed by atoms with Gasteiger partial charge in [0.2, 0.25) is 0 Å². The zero-order valence-electron chi connectivity index (χ0n) is 10.0. The highest BCUT2D eigenvalue weighted by atomic mass is 16.5. The van der Waals surface area contributed by atoms with Crippen molar-refractivity contribution in [1.82, 2.24) is 0 Å². The molecule has 0 fully saturated rings. The molecule has 0 bridgehead atoms. The fourth-order valence-electron chi connectivity index (χ4n) is 2.23. The first-order chi connectivity index (χ1) is 8.83. The van der Waals surface area contributed by atoms with Gasteiger partial charge in [0.1, 0.15) is 18.1 Å². The van der Waals surface area contributed by atoms with Crippen LogP contribution in [0, 0.1) is 0 Å². The normalized spacial score (nSPS) is 13.9. The van der Waals surface area contributed by atoms with Gasteiger partial charge in [0, 0.05) is 12.6 Å². The molecule has 0 radical (unpaired) electrons. The van der Waals surface area contributed by atoms with E-state index in [2.05, 4.69) is 17.0 Å². The molecule has 3 nitrogen and oxygen atoms in total. The fourth-order valence-corrected chi connectivity index (χ4v) is 2.23. The van der Waals surface area contributed by atoms with Gasteiger partial charge in [-0.2, -0.15) is 0 Å². The SMILES string of the molecule is Oc1ccc2c(c1)N(Cc1ccccc1)CCO2. The first kappa shape index (κ1) is 11.0. The van der Waals surface area contributed by atoms with Crippen molar-refractivity contribution in [3.05, 3.63) is 54.1 Å². The lowest BCUT2D eigenvalue weighted by Gasteiger charge is -2.31. The molecule has 0 aliphatic carbocycles. The zero-order valence-corrected chi connectivity index (χ0v) is 10.0.